The molecule has 160 valence electrons. The van der Waals surface area contributed by atoms with Gasteiger partial charge in [-0.3, -0.25) is 15.2 Å². The van der Waals surface area contributed by atoms with Crippen molar-refractivity contribution in [3.05, 3.63) is 0 Å². The number of aliphatic imine (C=N–C) groups is 1. The number of halogens is 3. The smallest absolute Gasteiger partial charge is 0.448 e. The van der Waals surface area contributed by atoms with Gasteiger partial charge in [-0.15, -0.1) is 0 Å². The second kappa shape index (κ2) is 9.34. The molecule has 1 N–H and O–H groups in total. The van der Waals surface area contributed by atoms with Crippen LogP contribution >= 0.6 is 11.8 Å². The monoisotopic (exact) mass is 425 g/mol. The van der Waals surface area contributed by atoms with Gasteiger partial charge in [0.1, 0.15) is 0 Å². The Morgan fingerprint density at radius 1 is 1.29 bits per heavy atom. The van der Waals surface area contributed by atoms with Crippen molar-refractivity contribution < 1.29 is 32.2 Å². The molecule has 1 heterocycles. The minimum atomic E-state index is -5.21. The van der Waals surface area contributed by atoms with Crippen LogP contribution < -0.4 is 5.32 Å². The number of hydrogen-bond donors (Lipinski definition) is 1. The van der Waals surface area contributed by atoms with Crippen LogP contribution in [-0.4, -0.2) is 65.5 Å². The molecule has 1 aliphatic heterocycles. The molecular weight excluding hydrogens is 399 g/mol. The van der Waals surface area contributed by atoms with E-state index in [1.807, 2.05) is 6.92 Å². The third kappa shape index (κ3) is 4.73. The van der Waals surface area contributed by atoms with Crippen LogP contribution in [0, 0.1) is 0 Å². The maximum Gasteiger partial charge on any atom is 0.448 e. The average molecular weight is 425 g/mol. The van der Waals surface area contributed by atoms with Crippen molar-refractivity contribution in [3.63, 3.8) is 0 Å². The first-order valence-electron chi connectivity index (χ1n) is 9.27. The normalized spacial score (nSPS) is 22.9. The number of ether oxygens (including phenoxy) is 2. The summed E-state index contributed by atoms with van der Waals surface area (Å²) < 4.78 is 50.3. The quantitative estimate of drug-likeness (QED) is 0.540. The number of amides is 2. The van der Waals surface area contributed by atoms with Crippen molar-refractivity contribution in [3.8, 4) is 0 Å². The number of thioether (sulfide) groups is 1. The number of rotatable bonds is 5. The molecule has 2 atom stereocenters. The molecule has 1 aliphatic carbocycles. The molecule has 0 saturated heterocycles. The highest BCUT2D eigenvalue weighted by Gasteiger charge is 2.65. The summed E-state index contributed by atoms with van der Waals surface area (Å²) in [7, 11) is 0.708. The van der Waals surface area contributed by atoms with E-state index in [1.54, 1.807) is 5.32 Å². The largest absolute Gasteiger partial charge is 0.462 e. The number of carbonyl (C=O) groups is 2. The van der Waals surface area contributed by atoms with Crippen LogP contribution in [0.4, 0.5) is 18.0 Å². The van der Waals surface area contributed by atoms with Crippen LogP contribution in [0.3, 0.4) is 0 Å². The van der Waals surface area contributed by atoms with E-state index in [9.17, 15) is 22.8 Å². The lowest BCUT2D eigenvalue weighted by atomic mass is 9.94. The highest BCUT2D eigenvalue weighted by Crippen LogP contribution is 2.34. The lowest BCUT2D eigenvalue weighted by Crippen LogP contribution is -2.68. The lowest BCUT2D eigenvalue weighted by molar-refractivity contribution is -0.277. The molecule has 0 spiro atoms. The van der Waals surface area contributed by atoms with E-state index in [-0.39, 0.29) is 17.9 Å². The van der Waals surface area contributed by atoms with Gasteiger partial charge in [-0.25, -0.2) is 9.59 Å². The first-order chi connectivity index (χ1) is 13.2. The summed E-state index contributed by atoms with van der Waals surface area (Å²) in [5, 5.41) is 2.25. The summed E-state index contributed by atoms with van der Waals surface area (Å²) in [5.41, 5.74) is -3.58. The SMILES string of the molecule is CCOC(=O)[C@](NC(=O)N(C1=NC[C@H](C)S1)C1CCCCC1)(OC)C(F)(F)F. The van der Waals surface area contributed by atoms with Crippen LogP contribution in [0.25, 0.3) is 0 Å². The van der Waals surface area contributed by atoms with Gasteiger partial charge in [0.15, 0.2) is 5.17 Å². The van der Waals surface area contributed by atoms with Gasteiger partial charge in [0.2, 0.25) is 0 Å². The standard InChI is InChI=1S/C17H26F3N3O4S/c1-4-27-13(24)16(26-3,17(18,19)20)22-14(25)23(12-8-6-5-7-9-12)15-21-10-11(2)28-15/h11-12H,4-10H2,1-3H3,(H,22,25)/t11-,16-/m0/s1. The Kier molecular flexibility index (Phi) is 7.60. The Morgan fingerprint density at radius 2 is 1.93 bits per heavy atom. The molecule has 28 heavy (non-hydrogen) atoms. The van der Waals surface area contributed by atoms with E-state index in [4.69, 9.17) is 0 Å². The number of amidine groups is 1. The van der Waals surface area contributed by atoms with Gasteiger partial charge in [0.05, 0.1) is 13.2 Å². The fraction of sp³-hybridized carbons (Fsp3) is 0.824. The molecule has 11 heteroatoms. The van der Waals surface area contributed by atoms with Gasteiger partial charge in [-0.2, -0.15) is 13.2 Å². The molecule has 1 fully saturated rings. The Balaban J connectivity index is 2.34. The molecule has 0 bridgehead atoms. The molecule has 0 aromatic carbocycles. The van der Waals surface area contributed by atoms with Crippen LogP contribution in [-0.2, 0) is 14.3 Å². The van der Waals surface area contributed by atoms with Gasteiger partial charge < -0.3 is 9.47 Å². The highest BCUT2D eigenvalue weighted by atomic mass is 32.2. The number of nitrogens with zero attached hydrogens (tertiary/aromatic N) is 2. The predicted molar refractivity (Wildman–Crippen MR) is 99.0 cm³/mol. The van der Waals surface area contributed by atoms with Crippen molar-refractivity contribution in [2.75, 3.05) is 20.3 Å². The van der Waals surface area contributed by atoms with Gasteiger partial charge in [0, 0.05) is 18.4 Å². The van der Waals surface area contributed by atoms with E-state index in [1.165, 1.54) is 23.6 Å². The molecule has 0 aromatic rings. The van der Waals surface area contributed by atoms with Gasteiger partial charge in [-0.05, 0) is 19.8 Å². The number of esters is 1. The van der Waals surface area contributed by atoms with Crippen LogP contribution in [0.15, 0.2) is 4.99 Å². The topological polar surface area (TPSA) is 80.2 Å². The first kappa shape index (κ1) is 22.8. The Morgan fingerprint density at radius 3 is 2.39 bits per heavy atom. The maximum atomic E-state index is 13.8. The van der Waals surface area contributed by atoms with Crippen molar-refractivity contribution in [1.29, 1.82) is 0 Å². The van der Waals surface area contributed by atoms with Crippen molar-refractivity contribution >= 4 is 28.9 Å². The van der Waals surface area contributed by atoms with E-state index < -0.39 is 23.9 Å². The number of methoxy groups -OCH3 is 1. The number of carbonyl (C=O) groups excluding carboxylic acids is 2. The molecule has 2 rings (SSSR count). The third-order valence-corrected chi connectivity index (χ3v) is 5.79. The maximum absolute atomic E-state index is 13.8. The van der Waals surface area contributed by atoms with E-state index in [0.717, 1.165) is 19.3 Å². The second-order valence-electron chi connectivity index (χ2n) is 6.75. The van der Waals surface area contributed by atoms with Crippen molar-refractivity contribution in [1.82, 2.24) is 10.2 Å². The summed E-state index contributed by atoms with van der Waals surface area (Å²) in [5.74, 6) is -1.71. The molecule has 7 nitrogen and oxygen atoms in total. The van der Waals surface area contributed by atoms with E-state index >= 15 is 0 Å². The van der Waals surface area contributed by atoms with Gasteiger partial charge in [-0.1, -0.05) is 37.9 Å². The van der Waals surface area contributed by atoms with Crippen LogP contribution in [0.1, 0.15) is 46.0 Å². The zero-order chi connectivity index (χ0) is 20.9. The summed E-state index contributed by atoms with van der Waals surface area (Å²) in [6.07, 6.45) is -1.14. The zero-order valence-corrected chi connectivity index (χ0v) is 17.0. The Labute approximate surface area is 166 Å². The minimum absolute atomic E-state index is 0.119. The minimum Gasteiger partial charge on any atom is -0.462 e. The van der Waals surface area contributed by atoms with Crippen LogP contribution in [0.2, 0.25) is 0 Å². The van der Waals surface area contributed by atoms with Gasteiger partial charge in [0.25, 0.3) is 0 Å². The molecule has 0 unspecified atom stereocenters. The van der Waals surface area contributed by atoms with Gasteiger partial charge >= 0.3 is 23.9 Å². The molecule has 2 aliphatic rings. The molecule has 1 saturated carbocycles. The van der Waals surface area contributed by atoms with E-state index in [2.05, 4.69) is 14.5 Å². The molecule has 0 radical (unpaired) electrons. The summed E-state index contributed by atoms with van der Waals surface area (Å²) in [6, 6.07) is -1.35. The third-order valence-electron chi connectivity index (χ3n) is 4.71. The number of nitrogens with one attached hydrogen (secondary N) is 1. The Bertz CT molecular complexity index is 611. The second-order valence-corrected chi connectivity index (χ2v) is 8.15. The molecule has 2 amide bonds. The molecular formula is C17H26F3N3O4S. The number of hydrogen-bond acceptors (Lipinski definition) is 6. The molecule has 0 aromatic heterocycles. The summed E-state index contributed by atoms with van der Waals surface area (Å²) in [6.45, 7) is 3.48. The Hall–Kier alpha value is -1.49. The lowest BCUT2D eigenvalue weighted by Gasteiger charge is -2.38. The summed E-state index contributed by atoms with van der Waals surface area (Å²) >= 11 is 1.33. The van der Waals surface area contributed by atoms with Crippen LogP contribution in [0.5, 0.6) is 0 Å². The zero-order valence-electron chi connectivity index (χ0n) is 16.2. The number of alkyl halides is 3. The predicted octanol–water partition coefficient (Wildman–Crippen LogP) is 3.29. The summed E-state index contributed by atoms with van der Waals surface area (Å²) in [4.78, 5) is 30.7. The fourth-order valence-corrected chi connectivity index (χ4v) is 4.28. The van der Waals surface area contributed by atoms with E-state index in [0.29, 0.717) is 31.7 Å². The first-order valence-corrected chi connectivity index (χ1v) is 10.2. The fourth-order valence-electron chi connectivity index (χ4n) is 3.27. The number of urea groups is 1. The van der Waals surface area contributed by atoms with Crippen molar-refractivity contribution in [2.24, 2.45) is 4.99 Å². The average Bonchev–Trinajstić information content (AvgIpc) is 3.05. The highest BCUT2D eigenvalue weighted by molar-refractivity contribution is 8.14. The van der Waals surface area contributed by atoms with Crippen molar-refractivity contribution in [2.45, 2.75) is 69.1 Å².